The summed E-state index contributed by atoms with van der Waals surface area (Å²) in [6.07, 6.45) is 3.49. The van der Waals surface area contributed by atoms with E-state index in [2.05, 4.69) is 5.32 Å². The lowest BCUT2D eigenvalue weighted by Gasteiger charge is -2.24. The second-order valence-corrected chi connectivity index (χ2v) is 7.49. The van der Waals surface area contributed by atoms with Gasteiger partial charge in [0.1, 0.15) is 0 Å². The second-order valence-electron chi connectivity index (χ2n) is 5.63. The lowest BCUT2D eigenvalue weighted by atomic mass is 10.1. The first kappa shape index (κ1) is 18.2. The number of likely N-dealkylation sites (tertiary alicyclic amines) is 1. The van der Waals surface area contributed by atoms with Crippen molar-refractivity contribution in [2.75, 3.05) is 18.8 Å². The molecule has 2 bridgehead atoms. The van der Waals surface area contributed by atoms with Crippen LogP contribution in [0.2, 0.25) is 10.0 Å². The fourth-order valence-electron chi connectivity index (χ4n) is 2.99. The Morgan fingerprint density at radius 3 is 2.86 bits per heavy atom. The van der Waals surface area contributed by atoms with E-state index in [4.69, 9.17) is 23.2 Å². The van der Waals surface area contributed by atoms with Crippen LogP contribution < -0.4 is 5.32 Å². The average molecular weight is 382 g/mol. The molecule has 2 unspecified atom stereocenters. The topological polar surface area (TPSA) is 32.3 Å². The molecule has 2 aliphatic rings. The molecule has 0 aromatic heterocycles. The van der Waals surface area contributed by atoms with Crippen molar-refractivity contribution in [2.24, 2.45) is 0 Å². The number of carbonyl (C=O) groups is 1. The summed E-state index contributed by atoms with van der Waals surface area (Å²) in [5.74, 6) is 0.600. The Hall–Kier alpha value is -0.130. The number of hydrogen-bond acceptors (Lipinski definition) is 3. The molecule has 2 aliphatic heterocycles. The van der Waals surface area contributed by atoms with Crippen molar-refractivity contribution in [3.05, 3.63) is 28.2 Å². The van der Waals surface area contributed by atoms with Gasteiger partial charge in [0, 0.05) is 35.1 Å². The third-order valence-electron chi connectivity index (χ3n) is 4.12. The van der Waals surface area contributed by atoms with Gasteiger partial charge in [0.2, 0.25) is 5.91 Å². The van der Waals surface area contributed by atoms with Crippen LogP contribution in [0.4, 0.5) is 0 Å². The number of benzene rings is 1. The van der Waals surface area contributed by atoms with Crippen molar-refractivity contribution in [2.45, 2.75) is 36.2 Å². The highest BCUT2D eigenvalue weighted by molar-refractivity contribution is 8.00. The first-order chi connectivity index (χ1) is 10.1. The molecule has 122 valence electrons. The van der Waals surface area contributed by atoms with Crippen LogP contribution in [0, 0.1) is 0 Å². The van der Waals surface area contributed by atoms with Gasteiger partial charge in [0.25, 0.3) is 0 Å². The van der Waals surface area contributed by atoms with E-state index in [1.54, 1.807) is 12.1 Å². The molecular weight excluding hydrogens is 363 g/mol. The molecule has 22 heavy (non-hydrogen) atoms. The summed E-state index contributed by atoms with van der Waals surface area (Å²) in [5.41, 5.74) is 0. The van der Waals surface area contributed by atoms with Crippen molar-refractivity contribution >= 4 is 53.3 Å². The third-order valence-corrected chi connectivity index (χ3v) is 5.84. The van der Waals surface area contributed by atoms with E-state index in [0.29, 0.717) is 27.9 Å². The van der Waals surface area contributed by atoms with Crippen LogP contribution in [-0.4, -0.2) is 41.7 Å². The molecule has 0 aliphatic carbocycles. The van der Waals surface area contributed by atoms with Crippen molar-refractivity contribution < 1.29 is 4.79 Å². The quantitative estimate of drug-likeness (QED) is 0.807. The molecule has 1 aromatic rings. The van der Waals surface area contributed by atoms with E-state index >= 15 is 0 Å². The molecule has 2 atom stereocenters. The zero-order chi connectivity index (χ0) is 14.8. The van der Waals surface area contributed by atoms with Gasteiger partial charge in [-0.25, -0.2) is 0 Å². The first-order valence-corrected chi connectivity index (χ1v) is 8.97. The number of rotatable bonds is 3. The number of carbonyl (C=O) groups excluding carboxylic acids is 1. The summed E-state index contributed by atoms with van der Waals surface area (Å²) in [4.78, 5) is 15.3. The highest BCUT2D eigenvalue weighted by atomic mass is 35.5. The number of nitrogens with zero attached hydrogens (tertiary/aromatic N) is 1. The van der Waals surface area contributed by atoms with E-state index in [9.17, 15) is 4.79 Å². The van der Waals surface area contributed by atoms with E-state index in [-0.39, 0.29) is 18.3 Å². The van der Waals surface area contributed by atoms with Crippen LogP contribution >= 0.6 is 47.4 Å². The molecule has 7 heteroatoms. The molecular formula is C15H19Cl3N2OS. The summed E-state index contributed by atoms with van der Waals surface area (Å²) in [7, 11) is 0. The molecule has 2 fully saturated rings. The fraction of sp³-hybridized carbons (Fsp3) is 0.533. The molecule has 2 saturated heterocycles. The van der Waals surface area contributed by atoms with Gasteiger partial charge in [-0.15, -0.1) is 24.2 Å². The lowest BCUT2D eigenvalue weighted by molar-refractivity contribution is -0.128. The maximum atomic E-state index is 12.4. The maximum Gasteiger partial charge on any atom is 0.232 e. The van der Waals surface area contributed by atoms with Crippen LogP contribution in [0.25, 0.3) is 0 Å². The van der Waals surface area contributed by atoms with Crippen LogP contribution in [0.3, 0.4) is 0 Å². The van der Waals surface area contributed by atoms with E-state index in [1.807, 2.05) is 11.0 Å². The number of thioether (sulfide) groups is 1. The number of fused-ring (bicyclic) bond motifs is 2. The van der Waals surface area contributed by atoms with Gasteiger partial charge in [-0.1, -0.05) is 23.2 Å². The molecule has 1 amide bonds. The molecule has 0 spiro atoms. The first-order valence-electron chi connectivity index (χ1n) is 7.23. The van der Waals surface area contributed by atoms with Crippen molar-refractivity contribution in [1.29, 1.82) is 0 Å². The summed E-state index contributed by atoms with van der Waals surface area (Å²) >= 11 is 13.6. The summed E-state index contributed by atoms with van der Waals surface area (Å²) in [6.45, 7) is 1.69. The average Bonchev–Trinajstić information content (AvgIpc) is 2.79. The number of hydrogen-bond donors (Lipinski definition) is 1. The van der Waals surface area contributed by atoms with Crippen LogP contribution in [0.15, 0.2) is 23.1 Å². The van der Waals surface area contributed by atoms with Crippen LogP contribution in [-0.2, 0) is 4.79 Å². The predicted molar refractivity (Wildman–Crippen MR) is 95.6 cm³/mol. The minimum Gasteiger partial charge on any atom is -0.340 e. The minimum absolute atomic E-state index is 0. The Morgan fingerprint density at radius 2 is 2.05 bits per heavy atom. The lowest BCUT2D eigenvalue weighted by Crippen LogP contribution is -2.39. The van der Waals surface area contributed by atoms with Gasteiger partial charge in [-0.3, -0.25) is 4.79 Å². The molecule has 1 aromatic carbocycles. The fourth-order valence-corrected chi connectivity index (χ4v) is 4.38. The monoisotopic (exact) mass is 380 g/mol. The van der Waals surface area contributed by atoms with Gasteiger partial charge < -0.3 is 10.2 Å². The van der Waals surface area contributed by atoms with Crippen LogP contribution in [0.1, 0.15) is 19.3 Å². The maximum absolute atomic E-state index is 12.4. The second kappa shape index (κ2) is 8.11. The van der Waals surface area contributed by atoms with Crippen molar-refractivity contribution in [1.82, 2.24) is 10.2 Å². The standard InChI is InChI=1S/C15H18Cl2N2OS.ClH/c16-10-1-4-13(17)14(7-10)21-9-15(20)19-6-5-11-2-3-12(8-19)18-11;/h1,4,7,11-12,18H,2-3,5-6,8-9H2;1H. The highest BCUT2D eigenvalue weighted by Gasteiger charge is 2.30. The number of halogens is 3. The minimum atomic E-state index is 0. The number of amides is 1. The largest absolute Gasteiger partial charge is 0.340 e. The van der Waals surface area contributed by atoms with Gasteiger partial charge in [0.05, 0.1) is 10.8 Å². The van der Waals surface area contributed by atoms with Gasteiger partial charge in [0.15, 0.2) is 0 Å². The molecule has 0 radical (unpaired) electrons. The molecule has 3 rings (SSSR count). The predicted octanol–water partition coefficient (Wildman–Crippen LogP) is 3.86. The Labute approximate surface area is 151 Å². The normalized spacial score (nSPS) is 23.8. The molecule has 2 heterocycles. The summed E-state index contributed by atoms with van der Waals surface area (Å²) in [5, 5.41) is 4.88. The molecule has 3 nitrogen and oxygen atoms in total. The van der Waals surface area contributed by atoms with E-state index < -0.39 is 0 Å². The van der Waals surface area contributed by atoms with Crippen molar-refractivity contribution in [3.8, 4) is 0 Å². The Kier molecular flexibility index (Phi) is 6.72. The third kappa shape index (κ3) is 4.45. The summed E-state index contributed by atoms with van der Waals surface area (Å²) < 4.78 is 0. The Balaban J connectivity index is 0.00000176. The Bertz CT molecular complexity index is 544. The number of nitrogens with one attached hydrogen (secondary N) is 1. The van der Waals surface area contributed by atoms with Gasteiger partial charge >= 0.3 is 0 Å². The van der Waals surface area contributed by atoms with Crippen LogP contribution in [0.5, 0.6) is 0 Å². The van der Waals surface area contributed by atoms with E-state index in [1.165, 1.54) is 24.6 Å². The van der Waals surface area contributed by atoms with Crippen molar-refractivity contribution in [3.63, 3.8) is 0 Å². The smallest absolute Gasteiger partial charge is 0.232 e. The highest BCUT2D eigenvalue weighted by Crippen LogP contribution is 2.30. The molecule has 1 N–H and O–H groups in total. The van der Waals surface area contributed by atoms with Gasteiger partial charge in [-0.2, -0.15) is 0 Å². The zero-order valence-electron chi connectivity index (χ0n) is 12.1. The SMILES string of the molecule is Cl.O=C(CSc1cc(Cl)ccc1Cl)N1CCC2CCC(C1)N2. The molecule has 0 saturated carbocycles. The summed E-state index contributed by atoms with van der Waals surface area (Å²) in [6, 6.07) is 6.41. The zero-order valence-corrected chi connectivity index (χ0v) is 15.2. The van der Waals surface area contributed by atoms with Gasteiger partial charge in [-0.05, 0) is 37.5 Å². The van der Waals surface area contributed by atoms with E-state index in [0.717, 1.165) is 24.4 Å². The Morgan fingerprint density at radius 1 is 1.27 bits per heavy atom.